The molecule has 0 aromatic carbocycles. The van der Waals surface area contributed by atoms with Crippen LogP contribution in [0.2, 0.25) is 0 Å². The largest absolute Gasteiger partial charge is 0.464 e. The van der Waals surface area contributed by atoms with E-state index in [1.807, 2.05) is 0 Å². The van der Waals surface area contributed by atoms with E-state index in [0.717, 1.165) is 39.3 Å². The average Bonchev–Trinajstić information content (AvgIpc) is 2.48. The van der Waals surface area contributed by atoms with E-state index in [1.165, 1.54) is 13.3 Å². The van der Waals surface area contributed by atoms with Crippen LogP contribution >= 0.6 is 0 Å². The SMILES string of the molecule is COC(=O)c1cncc(NCCN2CCNCC2)n1. The summed E-state index contributed by atoms with van der Waals surface area (Å²) in [5, 5.41) is 6.48. The molecule has 1 aliphatic rings. The Balaban J connectivity index is 1.80. The Labute approximate surface area is 112 Å². The highest BCUT2D eigenvalue weighted by molar-refractivity contribution is 5.87. The summed E-state index contributed by atoms with van der Waals surface area (Å²) in [5.74, 6) is 0.122. The van der Waals surface area contributed by atoms with E-state index in [4.69, 9.17) is 0 Å². The quantitative estimate of drug-likeness (QED) is 0.700. The Morgan fingerprint density at radius 2 is 2.26 bits per heavy atom. The van der Waals surface area contributed by atoms with Crippen LogP contribution in [0.25, 0.3) is 0 Å². The van der Waals surface area contributed by atoms with Crippen LogP contribution in [0.3, 0.4) is 0 Å². The number of anilines is 1. The Bertz CT molecular complexity index is 420. The number of nitrogens with one attached hydrogen (secondary N) is 2. The van der Waals surface area contributed by atoms with E-state index in [9.17, 15) is 4.79 Å². The van der Waals surface area contributed by atoms with E-state index in [1.54, 1.807) is 6.20 Å². The third kappa shape index (κ3) is 4.15. The minimum atomic E-state index is -0.474. The lowest BCUT2D eigenvalue weighted by atomic mass is 10.3. The molecular formula is C12H19N5O2. The summed E-state index contributed by atoms with van der Waals surface area (Å²) in [6.07, 6.45) is 3.00. The molecule has 0 unspecified atom stereocenters. The summed E-state index contributed by atoms with van der Waals surface area (Å²) in [4.78, 5) is 21.8. The number of aromatic nitrogens is 2. The first kappa shape index (κ1) is 13.7. The van der Waals surface area contributed by atoms with Crippen LogP contribution in [0, 0.1) is 0 Å². The molecule has 104 valence electrons. The summed E-state index contributed by atoms with van der Waals surface area (Å²) in [6, 6.07) is 0. The molecule has 1 aliphatic heterocycles. The van der Waals surface area contributed by atoms with Crippen molar-refractivity contribution in [2.75, 3.05) is 51.7 Å². The third-order valence-corrected chi connectivity index (χ3v) is 2.97. The fourth-order valence-electron chi connectivity index (χ4n) is 1.93. The van der Waals surface area contributed by atoms with E-state index in [2.05, 4.69) is 30.2 Å². The summed E-state index contributed by atoms with van der Waals surface area (Å²) in [5.41, 5.74) is 0.217. The molecule has 0 radical (unpaired) electrons. The topological polar surface area (TPSA) is 79.4 Å². The molecular weight excluding hydrogens is 246 g/mol. The number of methoxy groups -OCH3 is 1. The van der Waals surface area contributed by atoms with Crippen LogP contribution < -0.4 is 10.6 Å². The zero-order chi connectivity index (χ0) is 13.5. The van der Waals surface area contributed by atoms with Crippen molar-refractivity contribution in [3.63, 3.8) is 0 Å². The minimum Gasteiger partial charge on any atom is -0.464 e. The highest BCUT2D eigenvalue weighted by Crippen LogP contribution is 2.03. The van der Waals surface area contributed by atoms with Gasteiger partial charge in [-0.3, -0.25) is 9.88 Å². The van der Waals surface area contributed by atoms with Crippen LogP contribution in [-0.2, 0) is 4.74 Å². The van der Waals surface area contributed by atoms with Gasteiger partial charge in [-0.05, 0) is 0 Å². The van der Waals surface area contributed by atoms with Gasteiger partial charge in [-0.15, -0.1) is 0 Å². The molecule has 7 heteroatoms. The van der Waals surface area contributed by atoms with E-state index >= 15 is 0 Å². The van der Waals surface area contributed by atoms with Crippen LogP contribution in [0.15, 0.2) is 12.4 Å². The lowest BCUT2D eigenvalue weighted by Crippen LogP contribution is -2.45. The van der Waals surface area contributed by atoms with Gasteiger partial charge >= 0.3 is 5.97 Å². The van der Waals surface area contributed by atoms with Gasteiger partial charge in [-0.25, -0.2) is 9.78 Å². The average molecular weight is 265 g/mol. The summed E-state index contributed by atoms with van der Waals surface area (Å²) in [7, 11) is 1.33. The highest BCUT2D eigenvalue weighted by Gasteiger charge is 2.10. The summed E-state index contributed by atoms with van der Waals surface area (Å²) >= 11 is 0. The van der Waals surface area contributed by atoms with Gasteiger partial charge in [0.25, 0.3) is 0 Å². The second-order valence-electron chi connectivity index (χ2n) is 4.30. The van der Waals surface area contributed by atoms with Crippen LogP contribution in [0.1, 0.15) is 10.5 Å². The van der Waals surface area contributed by atoms with Crippen molar-refractivity contribution in [3.05, 3.63) is 18.1 Å². The zero-order valence-corrected chi connectivity index (χ0v) is 11.1. The van der Waals surface area contributed by atoms with E-state index in [-0.39, 0.29) is 5.69 Å². The predicted octanol–water partition coefficient (Wildman–Crippen LogP) is -0.420. The van der Waals surface area contributed by atoms with E-state index < -0.39 is 5.97 Å². The van der Waals surface area contributed by atoms with Gasteiger partial charge in [0.15, 0.2) is 5.69 Å². The molecule has 1 fully saturated rings. The second-order valence-corrected chi connectivity index (χ2v) is 4.30. The normalized spacial score (nSPS) is 16.1. The van der Waals surface area contributed by atoms with Crippen LogP contribution in [0.5, 0.6) is 0 Å². The molecule has 1 saturated heterocycles. The van der Waals surface area contributed by atoms with Gasteiger partial charge in [0.05, 0.1) is 19.5 Å². The Morgan fingerprint density at radius 1 is 1.47 bits per heavy atom. The van der Waals surface area contributed by atoms with Crippen LogP contribution in [-0.4, -0.2) is 67.2 Å². The second kappa shape index (κ2) is 7.01. The molecule has 0 atom stereocenters. The van der Waals surface area contributed by atoms with Crippen molar-refractivity contribution in [2.45, 2.75) is 0 Å². The molecule has 0 saturated carbocycles. The lowest BCUT2D eigenvalue weighted by Gasteiger charge is -2.27. The number of hydrogen-bond acceptors (Lipinski definition) is 7. The molecule has 7 nitrogen and oxygen atoms in total. The summed E-state index contributed by atoms with van der Waals surface area (Å²) in [6.45, 7) is 5.94. The van der Waals surface area contributed by atoms with Gasteiger partial charge in [0, 0.05) is 39.3 Å². The van der Waals surface area contributed by atoms with Gasteiger partial charge in [-0.2, -0.15) is 0 Å². The molecule has 2 rings (SSSR count). The fourth-order valence-corrected chi connectivity index (χ4v) is 1.93. The number of hydrogen-bond donors (Lipinski definition) is 2. The summed E-state index contributed by atoms with van der Waals surface area (Å²) < 4.78 is 4.61. The number of carbonyl (C=O) groups excluding carboxylic acids is 1. The van der Waals surface area contributed by atoms with Crippen LogP contribution in [0.4, 0.5) is 5.82 Å². The maximum Gasteiger partial charge on any atom is 0.358 e. The molecule has 0 aliphatic carbocycles. The molecule has 2 N–H and O–H groups in total. The Kier molecular flexibility index (Phi) is 5.05. The first-order valence-corrected chi connectivity index (χ1v) is 6.37. The van der Waals surface area contributed by atoms with Gasteiger partial charge in [0.2, 0.25) is 0 Å². The zero-order valence-electron chi connectivity index (χ0n) is 11.1. The third-order valence-electron chi connectivity index (χ3n) is 2.97. The maximum absolute atomic E-state index is 11.3. The molecule has 1 aromatic heterocycles. The molecule has 19 heavy (non-hydrogen) atoms. The number of rotatable bonds is 5. The predicted molar refractivity (Wildman–Crippen MR) is 71.2 cm³/mol. The maximum atomic E-state index is 11.3. The van der Waals surface area contributed by atoms with E-state index in [0.29, 0.717) is 5.82 Å². The molecule has 0 bridgehead atoms. The Morgan fingerprint density at radius 3 is 3.00 bits per heavy atom. The first-order valence-electron chi connectivity index (χ1n) is 6.37. The molecule has 1 aromatic rings. The standard InChI is InChI=1S/C12H19N5O2/c1-19-12(18)10-8-14-9-11(16-10)15-4-7-17-5-2-13-3-6-17/h8-9,13H,2-7H2,1H3,(H,15,16). The minimum absolute atomic E-state index is 0.217. The number of carbonyl (C=O) groups is 1. The molecule has 0 spiro atoms. The smallest absolute Gasteiger partial charge is 0.358 e. The van der Waals surface area contributed by atoms with Crippen molar-refractivity contribution < 1.29 is 9.53 Å². The first-order chi connectivity index (χ1) is 9.29. The number of nitrogens with zero attached hydrogens (tertiary/aromatic N) is 3. The molecule has 0 amide bonds. The van der Waals surface area contributed by atoms with Gasteiger partial charge < -0.3 is 15.4 Å². The number of piperazine rings is 1. The van der Waals surface area contributed by atoms with Crippen molar-refractivity contribution in [3.8, 4) is 0 Å². The number of esters is 1. The van der Waals surface area contributed by atoms with Crippen molar-refractivity contribution >= 4 is 11.8 Å². The van der Waals surface area contributed by atoms with Gasteiger partial charge in [-0.1, -0.05) is 0 Å². The van der Waals surface area contributed by atoms with Crippen molar-refractivity contribution in [1.29, 1.82) is 0 Å². The highest BCUT2D eigenvalue weighted by atomic mass is 16.5. The molecule has 2 heterocycles. The Hall–Kier alpha value is -1.73. The van der Waals surface area contributed by atoms with Gasteiger partial charge in [0.1, 0.15) is 5.82 Å². The van der Waals surface area contributed by atoms with Crippen molar-refractivity contribution in [2.24, 2.45) is 0 Å². The fraction of sp³-hybridized carbons (Fsp3) is 0.583. The van der Waals surface area contributed by atoms with Crippen molar-refractivity contribution in [1.82, 2.24) is 20.2 Å². The lowest BCUT2D eigenvalue weighted by molar-refractivity contribution is 0.0593. The monoisotopic (exact) mass is 265 g/mol. The number of ether oxygens (including phenoxy) is 1.